The fourth-order valence-corrected chi connectivity index (χ4v) is 3.36. The molecule has 0 unspecified atom stereocenters. The van der Waals surface area contributed by atoms with E-state index in [0.717, 1.165) is 11.3 Å². The van der Waals surface area contributed by atoms with E-state index >= 15 is 0 Å². The molecule has 4 aromatic rings. The molecular formula is C25H26N8O2. The molecule has 0 bridgehead atoms. The molecule has 1 amide bonds. The zero-order valence-electron chi connectivity index (χ0n) is 20.0. The lowest BCUT2D eigenvalue weighted by Crippen LogP contribution is -2.29. The molecule has 0 spiro atoms. The second-order valence-electron chi connectivity index (χ2n) is 8.17. The van der Waals surface area contributed by atoms with Crippen molar-refractivity contribution in [1.29, 1.82) is 0 Å². The molecule has 3 aromatic heterocycles. The van der Waals surface area contributed by atoms with Crippen LogP contribution in [0.3, 0.4) is 0 Å². The third kappa shape index (κ3) is 6.05. The molecule has 0 aliphatic heterocycles. The predicted molar refractivity (Wildman–Crippen MR) is 135 cm³/mol. The Bertz CT molecular complexity index is 1430. The van der Waals surface area contributed by atoms with E-state index in [2.05, 4.69) is 35.9 Å². The summed E-state index contributed by atoms with van der Waals surface area (Å²) in [4.78, 5) is 42.0. The molecule has 3 N–H and O–H groups in total. The molecule has 178 valence electrons. The van der Waals surface area contributed by atoms with Gasteiger partial charge in [-0.2, -0.15) is 0 Å². The van der Waals surface area contributed by atoms with Crippen molar-refractivity contribution in [2.45, 2.75) is 34.2 Å². The van der Waals surface area contributed by atoms with Crippen LogP contribution in [0.15, 0.2) is 59.8 Å². The number of hydrogen-bond donors (Lipinski definition) is 3. The number of nitrogens with zero attached hydrogens (tertiary/aromatic N) is 5. The summed E-state index contributed by atoms with van der Waals surface area (Å²) in [6.45, 7) is 7.16. The summed E-state index contributed by atoms with van der Waals surface area (Å²) in [6, 6.07) is 12.8. The molecule has 35 heavy (non-hydrogen) atoms. The number of carbonyl (C=O) groups excluding carboxylic acids is 1. The van der Waals surface area contributed by atoms with Crippen molar-refractivity contribution in [3.05, 3.63) is 88.0 Å². The number of aromatic nitrogens is 5. The smallest absolute Gasteiger partial charge is 0.256 e. The van der Waals surface area contributed by atoms with Crippen LogP contribution in [-0.4, -0.2) is 30.4 Å². The van der Waals surface area contributed by atoms with E-state index in [1.807, 2.05) is 38.1 Å². The number of hydrogen-bond acceptors (Lipinski definition) is 8. The second kappa shape index (κ2) is 10.1. The number of carbonyl (C=O) groups is 1. The zero-order valence-corrected chi connectivity index (χ0v) is 20.0. The van der Waals surface area contributed by atoms with Crippen molar-refractivity contribution in [3.8, 4) is 0 Å². The van der Waals surface area contributed by atoms with Crippen molar-refractivity contribution in [1.82, 2.24) is 24.5 Å². The Morgan fingerprint density at radius 2 is 1.54 bits per heavy atom. The Labute approximate surface area is 202 Å². The van der Waals surface area contributed by atoms with Gasteiger partial charge in [0.15, 0.2) is 0 Å². The first-order valence-corrected chi connectivity index (χ1v) is 11.0. The van der Waals surface area contributed by atoms with Gasteiger partial charge in [0, 0.05) is 34.9 Å². The fourth-order valence-electron chi connectivity index (χ4n) is 3.36. The van der Waals surface area contributed by atoms with E-state index in [1.165, 1.54) is 10.9 Å². The summed E-state index contributed by atoms with van der Waals surface area (Å²) >= 11 is 0. The quantitative estimate of drug-likeness (QED) is 0.372. The topological polar surface area (TPSA) is 127 Å². The molecule has 3 heterocycles. The number of amides is 1. The first kappa shape index (κ1) is 23.6. The normalized spacial score (nSPS) is 10.6. The van der Waals surface area contributed by atoms with Gasteiger partial charge in [-0.15, -0.1) is 0 Å². The van der Waals surface area contributed by atoms with Crippen LogP contribution in [0, 0.1) is 27.7 Å². The number of aryl methyl sites for hydroxylation is 3. The molecule has 1 aromatic carbocycles. The highest BCUT2D eigenvalue weighted by Gasteiger charge is 2.09. The molecule has 0 atom stereocenters. The van der Waals surface area contributed by atoms with Gasteiger partial charge in [-0.25, -0.2) is 19.9 Å². The lowest BCUT2D eigenvalue weighted by molar-refractivity contribution is -0.116. The molecule has 0 saturated carbocycles. The Balaban J connectivity index is 1.40. The van der Waals surface area contributed by atoms with Gasteiger partial charge in [0.1, 0.15) is 29.8 Å². The SMILES string of the molecule is Cc1ccnc(Nc2cc(Nc3ccc(NC(=O)Cn4cnc(C)c(C)c4=O)cc3)nc(C)n2)c1. The number of pyridine rings is 1. The van der Waals surface area contributed by atoms with Crippen LogP contribution < -0.4 is 21.5 Å². The highest BCUT2D eigenvalue weighted by atomic mass is 16.2. The van der Waals surface area contributed by atoms with Gasteiger partial charge in [0.05, 0.1) is 6.33 Å². The maximum Gasteiger partial charge on any atom is 0.256 e. The summed E-state index contributed by atoms with van der Waals surface area (Å²) in [5.41, 5.74) is 3.45. The Morgan fingerprint density at radius 3 is 2.26 bits per heavy atom. The van der Waals surface area contributed by atoms with E-state index in [4.69, 9.17) is 0 Å². The van der Waals surface area contributed by atoms with E-state index in [0.29, 0.717) is 40.2 Å². The van der Waals surface area contributed by atoms with Gasteiger partial charge in [-0.1, -0.05) is 0 Å². The highest BCUT2D eigenvalue weighted by molar-refractivity contribution is 5.90. The standard InChI is InChI=1S/C25H26N8O2/c1-15-9-10-26-21(11-15)32-23-12-22(28-18(4)29-23)30-19-5-7-20(8-6-19)31-24(34)13-33-14-27-17(3)16(2)25(33)35/h5-12,14H,13H2,1-4H3,(H,31,34)(H2,26,28,29,30,32). The molecule has 0 saturated heterocycles. The Morgan fingerprint density at radius 1 is 0.857 bits per heavy atom. The van der Waals surface area contributed by atoms with Crippen molar-refractivity contribution in [2.75, 3.05) is 16.0 Å². The van der Waals surface area contributed by atoms with Gasteiger partial charge in [0.25, 0.3) is 5.56 Å². The molecule has 10 heteroatoms. The van der Waals surface area contributed by atoms with E-state index < -0.39 is 0 Å². The first-order valence-electron chi connectivity index (χ1n) is 11.0. The molecule has 0 radical (unpaired) electrons. The average molecular weight is 471 g/mol. The maximum atomic E-state index is 12.4. The third-order valence-corrected chi connectivity index (χ3v) is 5.28. The summed E-state index contributed by atoms with van der Waals surface area (Å²) < 4.78 is 1.29. The third-order valence-electron chi connectivity index (χ3n) is 5.28. The summed E-state index contributed by atoms with van der Waals surface area (Å²) in [7, 11) is 0. The summed E-state index contributed by atoms with van der Waals surface area (Å²) in [6.07, 6.45) is 3.13. The van der Waals surface area contributed by atoms with Crippen LogP contribution in [0.4, 0.5) is 28.8 Å². The van der Waals surface area contributed by atoms with Gasteiger partial charge in [-0.3, -0.25) is 14.2 Å². The Hall–Kier alpha value is -4.60. The average Bonchev–Trinajstić information content (AvgIpc) is 2.80. The molecule has 10 nitrogen and oxygen atoms in total. The van der Waals surface area contributed by atoms with E-state index in [-0.39, 0.29) is 18.0 Å². The maximum absolute atomic E-state index is 12.4. The number of anilines is 5. The van der Waals surface area contributed by atoms with Gasteiger partial charge >= 0.3 is 0 Å². The van der Waals surface area contributed by atoms with Crippen molar-refractivity contribution in [3.63, 3.8) is 0 Å². The largest absolute Gasteiger partial charge is 0.340 e. The molecule has 4 rings (SSSR count). The lowest BCUT2D eigenvalue weighted by Gasteiger charge is -2.11. The van der Waals surface area contributed by atoms with Crippen LogP contribution in [0.25, 0.3) is 0 Å². The second-order valence-corrected chi connectivity index (χ2v) is 8.17. The fraction of sp³-hybridized carbons (Fsp3) is 0.200. The van der Waals surface area contributed by atoms with Gasteiger partial charge < -0.3 is 16.0 Å². The zero-order chi connectivity index (χ0) is 24.9. The predicted octanol–water partition coefficient (Wildman–Crippen LogP) is 3.79. The number of nitrogens with one attached hydrogen (secondary N) is 3. The van der Waals surface area contributed by atoms with Crippen LogP contribution in [0.5, 0.6) is 0 Å². The molecule has 0 fully saturated rings. The minimum absolute atomic E-state index is 0.112. The van der Waals surface area contributed by atoms with Gasteiger partial charge in [0.2, 0.25) is 5.91 Å². The van der Waals surface area contributed by atoms with Crippen LogP contribution in [-0.2, 0) is 11.3 Å². The summed E-state index contributed by atoms with van der Waals surface area (Å²) in [5.74, 6) is 2.23. The van der Waals surface area contributed by atoms with Crippen LogP contribution in [0.1, 0.15) is 22.6 Å². The van der Waals surface area contributed by atoms with Crippen LogP contribution >= 0.6 is 0 Å². The van der Waals surface area contributed by atoms with E-state index in [9.17, 15) is 9.59 Å². The van der Waals surface area contributed by atoms with Gasteiger partial charge in [-0.05, 0) is 69.7 Å². The minimum Gasteiger partial charge on any atom is -0.340 e. The van der Waals surface area contributed by atoms with Crippen molar-refractivity contribution < 1.29 is 4.79 Å². The van der Waals surface area contributed by atoms with E-state index in [1.54, 1.807) is 38.2 Å². The van der Waals surface area contributed by atoms with Crippen molar-refractivity contribution in [2.24, 2.45) is 0 Å². The monoisotopic (exact) mass is 470 g/mol. The lowest BCUT2D eigenvalue weighted by atomic mass is 10.2. The molecule has 0 aliphatic carbocycles. The molecular weight excluding hydrogens is 444 g/mol. The Kier molecular flexibility index (Phi) is 6.81. The molecule has 0 aliphatic rings. The number of rotatable bonds is 7. The van der Waals surface area contributed by atoms with Crippen LogP contribution in [0.2, 0.25) is 0 Å². The highest BCUT2D eigenvalue weighted by Crippen LogP contribution is 2.21. The summed E-state index contributed by atoms with van der Waals surface area (Å²) in [5, 5.41) is 9.23. The minimum atomic E-state index is -0.315. The van der Waals surface area contributed by atoms with Crippen molar-refractivity contribution >= 4 is 34.7 Å². The number of benzene rings is 1. The first-order chi connectivity index (χ1) is 16.8.